The number of anilines is 2. The van der Waals surface area contributed by atoms with E-state index < -0.39 is 5.69 Å². The average molecular weight is 476 g/mol. The van der Waals surface area contributed by atoms with Crippen LogP contribution in [-0.2, 0) is 11.3 Å². The molecule has 2 aromatic heterocycles. The van der Waals surface area contributed by atoms with Crippen LogP contribution < -0.4 is 25.4 Å². The molecule has 10 heteroatoms. The van der Waals surface area contributed by atoms with Crippen LogP contribution in [0.15, 0.2) is 53.3 Å². The quantitative estimate of drug-likeness (QED) is 0.472. The van der Waals surface area contributed by atoms with Crippen LogP contribution in [0, 0.1) is 0 Å². The number of nitrogens with one attached hydrogen (secondary N) is 1. The first-order valence-electron chi connectivity index (χ1n) is 11.1. The van der Waals surface area contributed by atoms with E-state index in [2.05, 4.69) is 15.2 Å². The largest absolute Gasteiger partial charge is 0.454 e. The van der Waals surface area contributed by atoms with Gasteiger partial charge in [-0.3, -0.25) is 9.36 Å². The van der Waals surface area contributed by atoms with Crippen LogP contribution >= 0.6 is 11.3 Å². The van der Waals surface area contributed by atoms with Gasteiger partial charge >= 0.3 is 5.69 Å². The van der Waals surface area contributed by atoms with Crippen LogP contribution in [-0.4, -0.2) is 40.3 Å². The Labute approximate surface area is 198 Å². The van der Waals surface area contributed by atoms with Gasteiger partial charge in [0.05, 0.1) is 0 Å². The lowest BCUT2D eigenvalue weighted by Gasteiger charge is -2.11. The zero-order chi connectivity index (χ0) is 23.1. The number of carbonyl (C=O) groups excluding carboxylic acids is 1. The monoisotopic (exact) mass is 475 g/mol. The Morgan fingerprint density at radius 3 is 2.65 bits per heavy atom. The van der Waals surface area contributed by atoms with Crippen LogP contribution in [0.3, 0.4) is 0 Å². The lowest BCUT2D eigenvalue weighted by molar-refractivity contribution is -0.116. The molecule has 2 aromatic carbocycles. The van der Waals surface area contributed by atoms with Crippen molar-refractivity contribution in [3.63, 3.8) is 0 Å². The van der Waals surface area contributed by atoms with Crippen molar-refractivity contribution in [2.24, 2.45) is 0 Å². The molecule has 4 heterocycles. The molecule has 9 nitrogen and oxygen atoms in total. The Morgan fingerprint density at radius 2 is 1.82 bits per heavy atom. The molecule has 2 aliphatic rings. The third-order valence-electron chi connectivity index (χ3n) is 5.89. The summed E-state index contributed by atoms with van der Waals surface area (Å²) in [5.74, 6) is 0.868. The van der Waals surface area contributed by atoms with Gasteiger partial charge in [0.25, 0.3) is 0 Å². The number of aromatic nitrogens is 3. The van der Waals surface area contributed by atoms with E-state index in [0.717, 1.165) is 36.6 Å². The number of thiazole rings is 1. The molecule has 1 fully saturated rings. The predicted octanol–water partition coefficient (Wildman–Crippen LogP) is 3.49. The van der Waals surface area contributed by atoms with E-state index in [1.165, 1.54) is 15.9 Å². The van der Waals surface area contributed by atoms with Gasteiger partial charge < -0.3 is 19.7 Å². The van der Waals surface area contributed by atoms with Crippen molar-refractivity contribution in [3.05, 3.63) is 59.0 Å². The molecule has 0 spiro atoms. The molecule has 172 valence electrons. The van der Waals surface area contributed by atoms with E-state index in [0.29, 0.717) is 33.2 Å². The summed E-state index contributed by atoms with van der Waals surface area (Å²) in [5, 5.41) is 3.68. The number of ether oxygens (including phenoxy) is 2. The average Bonchev–Trinajstić information content (AvgIpc) is 3.61. The molecule has 4 aromatic rings. The van der Waals surface area contributed by atoms with Gasteiger partial charge in [-0.05, 0) is 25.0 Å². The summed E-state index contributed by atoms with van der Waals surface area (Å²) in [5.41, 5.74) is 2.07. The second-order valence-electron chi connectivity index (χ2n) is 8.16. The molecular weight excluding hydrogens is 454 g/mol. The number of hydrogen-bond acceptors (Lipinski definition) is 8. The first kappa shape index (κ1) is 20.7. The Balaban J connectivity index is 1.37. The molecule has 0 unspecified atom stereocenters. The van der Waals surface area contributed by atoms with E-state index in [4.69, 9.17) is 14.5 Å². The minimum Gasteiger partial charge on any atom is -0.454 e. The normalized spacial score (nSPS) is 14.6. The van der Waals surface area contributed by atoms with Crippen molar-refractivity contribution in [1.29, 1.82) is 0 Å². The standard InChI is InChI=1S/C24H21N5O4S/c30-19(25-16-8-9-17-18(12-16)33-14-32-17)13-29-22-21(27-24(34-22)28-10-4-5-11-28)20(26-23(29)31)15-6-2-1-3-7-15/h1-3,6-9,12H,4-5,10-11,13-14H2,(H,25,30). The van der Waals surface area contributed by atoms with Gasteiger partial charge in [0.2, 0.25) is 12.7 Å². The molecule has 1 amide bonds. The molecule has 1 saturated heterocycles. The Bertz CT molecular complexity index is 1440. The van der Waals surface area contributed by atoms with Crippen molar-refractivity contribution < 1.29 is 14.3 Å². The van der Waals surface area contributed by atoms with Crippen LogP contribution in [0.2, 0.25) is 0 Å². The molecule has 6 rings (SSSR count). The smallest absolute Gasteiger partial charge is 0.349 e. The van der Waals surface area contributed by atoms with Gasteiger partial charge in [-0.1, -0.05) is 41.7 Å². The maximum Gasteiger partial charge on any atom is 0.349 e. The second-order valence-corrected chi connectivity index (χ2v) is 9.11. The summed E-state index contributed by atoms with van der Waals surface area (Å²) >= 11 is 1.43. The van der Waals surface area contributed by atoms with Gasteiger partial charge in [0.1, 0.15) is 22.6 Å². The van der Waals surface area contributed by atoms with E-state index in [1.54, 1.807) is 18.2 Å². The number of fused-ring (bicyclic) bond motifs is 2. The molecule has 0 aliphatic carbocycles. The fourth-order valence-electron chi connectivity index (χ4n) is 4.23. The molecule has 0 saturated carbocycles. The van der Waals surface area contributed by atoms with Crippen LogP contribution in [0.25, 0.3) is 21.6 Å². The van der Waals surface area contributed by atoms with Gasteiger partial charge in [0.15, 0.2) is 16.6 Å². The predicted molar refractivity (Wildman–Crippen MR) is 130 cm³/mol. The first-order valence-corrected chi connectivity index (χ1v) is 11.9. The summed E-state index contributed by atoms with van der Waals surface area (Å²) in [7, 11) is 0. The summed E-state index contributed by atoms with van der Waals surface area (Å²) < 4.78 is 12.1. The van der Waals surface area contributed by atoms with Gasteiger partial charge in [0, 0.05) is 30.4 Å². The third kappa shape index (κ3) is 3.75. The number of nitrogens with zero attached hydrogens (tertiary/aromatic N) is 4. The van der Waals surface area contributed by atoms with Gasteiger partial charge in [-0.15, -0.1) is 0 Å². The fraction of sp³-hybridized carbons (Fsp3) is 0.250. The lowest BCUT2D eigenvalue weighted by Crippen LogP contribution is -2.29. The zero-order valence-corrected chi connectivity index (χ0v) is 19.0. The Morgan fingerprint density at radius 1 is 1.03 bits per heavy atom. The highest BCUT2D eigenvalue weighted by Gasteiger charge is 2.23. The fourth-order valence-corrected chi connectivity index (χ4v) is 5.35. The SMILES string of the molecule is O=C(Cn1c(=O)nc(-c2ccccc2)c2nc(N3CCCC3)sc21)Nc1ccc2c(c1)OCO2. The minimum atomic E-state index is -0.483. The van der Waals surface area contributed by atoms with Crippen molar-refractivity contribution in [2.75, 3.05) is 30.1 Å². The van der Waals surface area contributed by atoms with Crippen LogP contribution in [0.4, 0.5) is 10.8 Å². The molecule has 2 aliphatic heterocycles. The summed E-state index contributed by atoms with van der Waals surface area (Å²) in [6, 6.07) is 14.7. The molecule has 0 bridgehead atoms. The number of carbonyl (C=O) groups is 1. The maximum absolute atomic E-state index is 13.1. The Kier molecular flexibility index (Phi) is 5.14. The van der Waals surface area contributed by atoms with Crippen molar-refractivity contribution in [2.45, 2.75) is 19.4 Å². The number of rotatable bonds is 5. The maximum atomic E-state index is 13.1. The second kappa shape index (κ2) is 8.45. The minimum absolute atomic E-state index is 0.157. The number of hydrogen-bond donors (Lipinski definition) is 1. The van der Waals surface area contributed by atoms with Gasteiger partial charge in [-0.2, -0.15) is 4.98 Å². The van der Waals surface area contributed by atoms with Crippen molar-refractivity contribution >= 4 is 38.4 Å². The highest BCUT2D eigenvalue weighted by atomic mass is 32.1. The summed E-state index contributed by atoms with van der Waals surface area (Å²) in [4.78, 5) is 38.1. The highest BCUT2D eigenvalue weighted by molar-refractivity contribution is 7.22. The van der Waals surface area contributed by atoms with E-state index in [1.807, 2.05) is 30.3 Å². The van der Waals surface area contributed by atoms with Crippen LogP contribution in [0.5, 0.6) is 11.5 Å². The van der Waals surface area contributed by atoms with Crippen molar-refractivity contribution in [3.8, 4) is 22.8 Å². The molecular formula is C24H21N5O4S. The van der Waals surface area contributed by atoms with Crippen molar-refractivity contribution in [1.82, 2.24) is 14.5 Å². The van der Waals surface area contributed by atoms with E-state index in [-0.39, 0.29) is 19.2 Å². The zero-order valence-electron chi connectivity index (χ0n) is 18.2. The number of benzene rings is 2. The van der Waals surface area contributed by atoms with Crippen LogP contribution in [0.1, 0.15) is 12.8 Å². The Hall–Kier alpha value is -3.92. The number of amides is 1. The molecule has 0 atom stereocenters. The lowest BCUT2D eigenvalue weighted by atomic mass is 10.1. The highest BCUT2D eigenvalue weighted by Crippen LogP contribution is 2.35. The van der Waals surface area contributed by atoms with E-state index >= 15 is 0 Å². The first-order chi connectivity index (χ1) is 16.7. The molecule has 0 radical (unpaired) electrons. The summed E-state index contributed by atoms with van der Waals surface area (Å²) in [6.07, 6.45) is 2.23. The summed E-state index contributed by atoms with van der Waals surface area (Å²) in [6.45, 7) is 1.85. The topological polar surface area (TPSA) is 98.6 Å². The third-order valence-corrected chi connectivity index (χ3v) is 7.03. The van der Waals surface area contributed by atoms with Gasteiger partial charge in [-0.25, -0.2) is 9.78 Å². The molecule has 1 N–H and O–H groups in total. The molecule has 34 heavy (non-hydrogen) atoms. The van der Waals surface area contributed by atoms with E-state index in [9.17, 15) is 9.59 Å².